The van der Waals surface area contributed by atoms with Gasteiger partial charge in [0, 0.05) is 38.4 Å². The molecule has 1 fully saturated rings. The predicted molar refractivity (Wildman–Crippen MR) is 113 cm³/mol. The topological polar surface area (TPSA) is 71.5 Å². The van der Waals surface area contributed by atoms with Gasteiger partial charge in [0.05, 0.1) is 12.7 Å². The first-order valence-corrected chi connectivity index (χ1v) is 10.2. The van der Waals surface area contributed by atoms with Crippen molar-refractivity contribution < 1.29 is 4.42 Å². The molecule has 7 heteroatoms. The van der Waals surface area contributed by atoms with Crippen molar-refractivity contribution in [2.75, 3.05) is 19.6 Å². The van der Waals surface area contributed by atoms with Crippen LogP contribution in [0.5, 0.6) is 0 Å². The summed E-state index contributed by atoms with van der Waals surface area (Å²) < 4.78 is 7.50. The van der Waals surface area contributed by atoms with E-state index in [9.17, 15) is 0 Å². The third kappa shape index (κ3) is 4.85. The highest BCUT2D eigenvalue weighted by atomic mass is 16.3. The first-order chi connectivity index (χ1) is 14.2. The summed E-state index contributed by atoms with van der Waals surface area (Å²) in [4.78, 5) is 11.7. The van der Waals surface area contributed by atoms with Crippen molar-refractivity contribution in [1.82, 2.24) is 25.0 Å². The maximum absolute atomic E-state index is 5.63. The van der Waals surface area contributed by atoms with Gasteiger partial charge >= 0.3 is 0 Å². The number of aromatic nitrogens is 3. The Balaban J connectivity index is 1.38. The summed E-state index contributed by atoms with van der Waals surface area (Å²) in [5.74, 6) is 2.21. The fourth-order valence-corrected chi connectivity index (χ4v) is 3.78. The van der Waals surface area contributed by atoms with Crippen molar-refractivity contribution in [2.24, 2.45) is 18.0 Å². The Hall–Kier alpha value is -3.09. The number of aryl methyl sites for hydroxylation is 1. The van der Waals surface area contributed by atoms with Gasteiger partial charge in [0.25, 0.3) is 0 Å². The first-order valence-electron chi connectivity index (χ1n) is 10.2. The molecule has 1 aliphatic rings. The first kappa shape index (κ1) is 19.2. The summed E-state index contributed by atoms with van der Waals surface area (Å²) in [5, 5.41) is 7.70. The van der Waals surface area contributed by atoms with Crippen molar-refractivity contribution in [1.29, 1.82) is 0 Å². The molecule has 152 valence electrons. The predicted octanol–water partition coefficient (Wildman–Crippen LogP) is 3.11. The molecule has 1 aliphatic heterocycles. The van der Waals surface area contributed by atoms with Crippen molar-refractivity contribution in [3.8, 4) is 11.5 Å². The molecule has 1 saturated heterocycles. The highest BCUT2D eigenvalue weighted by molar-refractivity contribution is 5.80. The van der Waals surface area contributed by atoms with Crippen LogP contribution < -0.4 is 5.32 Å². The molecule has 3 aromatic rings. The second kappa shape index (κ2) is 8.94. The summed E-state index contributed by atoms with van der Waals surface area (Å²) in [6, 6.07) is 9.94. The van der Waals surface area contributed by atoms with Crippen LogP contribution in [0.1, 0.15) is 24.6 Å². The van der Waals surface area contributed by atoms with Crippen LogP contribution in [0.2, 0.25) is 0 Å². The molecule has 1 aromatic carbocycles. The van der Waals surface area contributed by atoms with Gasteiger partial charge in [-0.2, -0.15) is 5.10 Å². The number of nitrogens with one attached hydrogen (secondary N) is 1. The second-order valence-electron chi connectivity index (χ2n) is 7.51. The van der Waals surface area contributed by atoms with E-state index >= 15 is 0 Å². The molecule has 0 aliphatic carbocycles. The molecule has 1 atom stereocenters. The fourth-order valence-electron chi connectivity index (χ4n) is 3.78. The van der Waals surface area contributed by atoms with Gasteiger partial charge in [0.15, 0.2) is 5.96 Å². The molecule has 0 bridgehead atoms. The molecule has 29 heavy (non-hydrogen) atoms. The average molecular weight is 393 g/mol. The lowest BCUT2D eigenvalue weighted by Gasteiger charge is -2.21. The number of hydrogen-bond donors (Lipinski definition) is 1. The Kier molecular flexibility index (Phi) is 5.93. The van der Waals surface area contributed by atoms with Crippen LogP contribution in [0.15, 0.2) is 58.4 Å². The molecule has 0 saturated carbocycles. The monoisotopic (exact) mass is 392 g/mol. The number of rotatable bonds is 6. The summed E-state index contributed by atoms with van der Waals surface area (Å²) in [5.41, 5.74) is 3.12. The maximum Gasteiger partial charge on any atom is 0.226 e. The lowest BCUT2D eigenvalue weighted by atomic mass is 10.0. The molecular formula is C22H28N6O. The van der Waals surface area contributed by atoms with Gasteiger partial charge in [-0.3, -0.25) is 4.68 Å². The third-order valence-electron chi connectivity index (χ3n) is 5.17. The molecule has 0 spiro atoms. The fraction of sp³-hybridized carbons (Fsp3) is 0.409. The van der Waals surface area contributed by atoms with E-state index < -0.39 is 0 Å². The van der Waals surface area contributed by atoms with Gasteiger partial charge in [-0.15, -0.1) is 0 Å². The van der Waals surface area contributed by atoms with Crippen LogP contribution in [0, 0.1) is 5.92 Å². The summed E-state index contributed by atoms with van der Waals surface area (Å²) in [6.07, 6.45) is 8.01. The molecule has 0 radical (unpaired) electrons. The van der Waals surface area contributed by atoms with E-state index in [1.54, 1.807) is 6.26 Å². The van der Waals surface area contributed by atoms with E-state index in [1.807, 2.05) is 48.3 Å². The van der Waals surface area contributed by atoms with Gasteiger partial charge < -0.3 is 14.6 Å². The van der Waals surface area contributed by atoms with Crippen molar-refractivity contribution in [2.45, 2.75) is 26.3 Å². The van der Waals surface area contributed by atoms with Crippen molar-refractivity contribution in [3.63, 3.8) is 0 Å². The molecule has 1 unspecified atom stereocenters. The Morgan fingerprint density at radius 2 is 2.17 bits per heavy atom. The molecular weight excluding hydrogens is 364 g/mol. The number of guanidine groups is 1. The van der Waals surface area contributed by atoms with Crippen LogP contribution in [0.25, 0.3) is 11.5 Å². The molecule has 4 rings (SSSR count). The van der Waals surface area contributed by atoms with Gasteiger partial charge in [-0.1, -0.05) is 18.2 Å². The lowest BCUT2D eigenvalue weighted by Crippen LogP contribution is -2.40. The third-order valence-corrected chi connectivity index (χ3v) is 5.17. The highest BCUT2D eigenvalue weighted by Crippen LogP contribution is 2.21. The van der Waals surface area contributed by atoms with Gasteiger partial charge in [-0.25, -0.2) is 9.98 Å². The minimum atomic E-state index is 0.502. The maximum atomic E-state index is 5.63. The number of likely N-dealkylation sites (tertiary alicyclic amines) is 1. The zero-order valence-corrected chi connectivity index (χ0v) is 17.1. The van der Waals surface area contributed by atoms with Crippen LogP contribution in [0.3, 0.4) is 0 Å². The molecule has 7 nitrogen and oxygen atoms in total. The van der Waals surface area contributed by atoms with E-state index in [1.165, 1.54) is 12.0 Å². The van der Waals surface area contributed by atoms with Crippen LogP contribution >= 0.6 is 0 Å². The number of hydrogen-bond acceptors (Lipinski definition) is 4. The highest BCUT2D eigenvalue weighted by Gasteiger charge is 2.25. The summed E-state index contributed by atoms with van der Waals surface area (Å²) in [6.45, 7) is 5.47. The zero-order chi connectivity index (χ0) is 20.1. The summed E-state index contributed by atoms with van der Waals surface area (Å²) >= 11 is 0. The van der Waals surface area contributed by atoms with E-state index in [0.29, 0.717) is 18.4 Å². The number of oxazole rings is 1. The van der Waals surface area contributed by atoms with E-state index in [-0.39, 0.29) is 0 Å². The molecule has 1 N–H and O–H groups in total. The standard InChI is InChI=1S/C22H28N6O/c1-3-23-22(28-10-9-17(15-28)11-18-12-25-27(2)14-18)24-13-20-16-29-21(26-20)19-7-5-4-6-8-19/h4-8,12,14,16-17H,3,9-11,13,15H2,1-2H3,(H,23,24). The smallest absolute Gasteiger partial charge is 0.226 e. The van der Waals surface area contributed by atoms with Crippen molar-refractivity contribution >= 4 is 5.96 Å². The van der Waals surface area contributed by atoms with Gasteiger partial charge in [0.1, 0.15) is 12.0 Å². The molecule has 3 heterocycles. The Morgan fingerprint density at radius 1 is 1.31 bits per heavy atom. The van der Waals surface area contributed by atoms with Crippen molar-refractivity contribution in [3.05, 3.63) is 60.2 Å². The molecule has 2 aromatic heterocycles. The van der Waals surface area contributed by atoms with Crippen LogP contribution in [-0.2, 0) is 20.0 Å². The van der Waals surface area contributed by atoms with Crippen LogP contribution in [-0.4, -0.2) is 45.3 Å². The zero-order valence-electron chi connectivity index (χ0n) is 17.1. The Morgan fingerprint density at radius 3 is 2.93 bits per heavy atom. The SMILES string of the molecule is CCNC(=NCc1coc(-c2ccccc2)n1)N1CCC(Cc2cnn(C)c2)C1. The average Bonchev–Trinajstić information content (AvgIpc) is 3.48. The number of nitrogens with zero attached hydrogens (tertiary/aromatic N) is 5. The largest absolute Gasteiger partial charge is 0.444 e. The van der Waals surface area contributed by atoms with Gasteiger partial charge in [-0.05, 0) is 43.4 Å². The number of benzene rings is 1. The normalized spacial score (nSPS) is 17.1. The van der Waals surface area contributed by atoms with E-state index in [2.05, 4.69) is 33.4 Å². The van der Waals surface area contributed by atoms with Crippen LogP contribution in [0.4, 0.5) is 0 Å². The summed E-state index contributed by atoms with van der Waals surface area (Å²) in [7, 11) is 1.97. The number of aliphatic imine (C=N–C) groups is 1. The lowest BCUT2D eigenvalue weighted by molar-refractivity contribution is 0.459. The minimum absolute atomic E-state index is 0.502. The quantitative estimate of drug-likeness (QED) is 0.516. The Bertz CT molecular complexity index is 945. The molecule has 0 amide bonds. The minimum Gasteiger partial charge on any atom is -0.444 e. The van der Waals surface area contributed by atoms with E-state index in [4.69, 9.17) is 9.41 Å². The van der Waals surface area contributed by atoms with E-state index in [0.717, 1.165) is 43.3 Å². The second-order valence-corrected chi connectivity index (χ2v) is 7.51. The van der Waals surface area contributed by atoms with Gasteiger partial charge in [0.2, 0.25) is 5.89 Å². The Labute approximate surface area is 171 Å².